The molecule has 0 heterocycles. The van der Waals surface area contributed by atoms with Crippen molar-refractivity contribution >= 4 is 5.97 Å². The number of nitrogens with zero attached hydrogens (tertiary/aromatic N) is 1. The molecule has 0 aromatic heterocycles. The Kier molecular flexibility index (Phi) is 6.54. The van der Waals surface area contributed by atoms with E-state index in [4.69, 9.17) is 9.84 Å². The molecule has 0 aliphatic rings. The van der Waals surface area contributed by atoms with Crippen molar-refractivity contribution in [2.24, 2.45) is 0 Å². The summed E-state index contributed by atoms with van der Waals surface area (Å²) < 4.78 is 5.16. The van der Waals surface area contributed by atoms with E-state index in [0.29, 0.717) is 19.8 Å². The topological polar surface area (TPSA) is 49.8 Å². The molecular weight excluding hydrogens is 170 g/mol. The Morgan fingerprint density at radius 3 is 2.54 bits per heavy atom. The summed E-state index contributed by atoms with van der Waals surface area (Å²) in [6, 6.07) is -0.426. The molecule has 0 saturated carbocycles. The van der Waals surface area contributed by atoms with E-state index in [1.54, 1.807) is 6.92 Å². The number of hydrogen-bond donors (Lipinski definition) is 1. The van der Waals surface area contributed by atoms with Crippen LogP contribution in [0.4, 0.5) is 0 Å². The first-order chi connectivity index (χ1) is 6.13. The zero-order chi connectivity index (χ0) is 10.3. The molecule has 4 nitrogen and oxygen atoms in total. The molecule has 1 N–H and O–H groups in total. The van der Waals surface area contributed by atoms with Crippen LogP contribution in [0.1, 0.15) is 20.8 Å². The third kappa shape index (κ3) is 4.85. The van der Waals surface area contributed by atoms with Gasteiger partial charge < -0.3 is 9.84 Å². The molecule has 0 saturated heterocycles. The van der Waals surface area contributed by atoms with Crippen LogP contribution in [0.25, 0.3) is 0 Å². The molecule has 0 radical (unpaired) electrons. The standard InChI is InChI=1S/C9H19NO3/c1-4-10(6-7-13-5-2)8(3)9(11)12/h8H,4-7H2,1-3H3,(H,11,12). The lowest BCUT2D eigenvalue weighted by Gasteiger charge is -2.24. The van der Waals surface area contributed by atoms with Gasteiger partial charge in [0.1, 0.15) is 6.04 Å². The van der Waals surface area contributed by atoms with Crippen molar-refractivity contribution < 1.29 is 14.6 Å². The minimum atomic E-state index is -0.779. The van der Waals surface area contributed by atoms with Gasteiger partial charge in [-0.15, -0.1) is 0 Å². The van der Waals surface area contributed by atoms with E-state index < -0.39 is 12.0 Å². The van der Waals surface area contributed by atoms with Gasteiger partial charge in [-0.3, -0.25) is 9.69 Å². The predicted molar refractivity (Wildman–Crippen MR) is 50.8 cm³/mol. The molecule has 0 rings (SSSR count). The second-order valence-electron chi connectivity index (χ2n) is 2.84. The lowest BCUT2D eigenvalue weighted by molar-refractivity contribution is -0.142. The Morgan fingerprint density at radius 1 is 1.54 bits per heavy atom. The highest BCUT2D eigenvalue weighted by Gasteiger charge is 2.17. The number of aliphatic carboxylic acids is 1. The average molecular weight is 189 g/mol. The van der Waals surface area contributed by atoms with Crippen molar-refractivity contribution in [3.63, 3.8) is 0 Å². The minimum absolute atomic E-state index is 0.426. The number of carboxylic acid groups (broad SMARTS) is 1. The molecule has 0 fully saturated rings. The molecule has 13 heavy (non-hydrogen) atoms. The van der Waals surface area contributed by atoms with Gasteiger partial charge in [-0.2, -0.15) is 0 Å². The summed E-state index contributed by atoms with van der Waals surface area (Å²) in [6.07, 6.45) is 0. The van der Waals surface area contributed by atoms with E-state index in [9.17, 15) is 4.79 Å². The Morgan fingerprint density at radius 2 is 2.15 bits per heavy atom. The van der Waals surface area contributed by atoms with Gasteiger partial charge >= 0.3 is 5.97 Å². The van der Waals surface area contributed by atoms with Crippen molar-refractivity contribution in [3.8, 4) is 0 Å². The van der Waals surface area contributed by atoms with Crippen LogP contribution in [0, 0.1) is 0 Å². The molecule has 0 aromatic carbocycles. The number of rotatable bonds is 7. The largest absolute Gasteiger partial charge is 0.480 e. The number of carboxylic acids is 1. The number of hydrogen-bond acceptors (Lipinski definition) is 3. The van der Waals surface area contributed by atoms with Crippen LogP contribution in [-0.4, -0.2) is 48.3 Å². The number of carbonyl (C=O) groups is 1. The molecule has 0 aromatic rings. The molecule has 0 aliphatic heterocycles. The highest BCUT2D eigenvalue weighted by atomic mass is 16.5. The molecule has 0 bridgehead atoms. The van der Waals surface area contributed by atoms with Crippen molar-refractivity contribution in [3.05, 3.63) is 0 Å². The van der Waals surface area contributed by atoms with Crippen LogP contribution in [-0.2, 0) is 9.53 Å². The minimum Gasteiger partial charge on any atom is -0.480 e. The van der Waals surface area contributed by atoms with Gasteiger partial charge in [0.05, 0.1) is 6.61 Å². The third-order valence-electron chi connectivity index (χ3n) is 2.04. The highest BCUT2D eigenvalue weighted by molar-refractivity contribution is 5.72. The lowest BCUT2D eigenvalue weighted by atomic mass is 10.3. The zero-order valence-corrected chi connectivity index (χ0v) is 8.62. The molecular formula is C9H19NO3. The van der Waals surface area contributed by atoms with E-state index in [2.05, 4.69) is 0 Å². The normalized spacial score (nSPS) is 13.2. The van der Waals surface area contributed by atoms with Gasteiger partial charge in [0.25, 0.3) is 0 Å². The first-order valence-corrected chi connectivity index (χ1v) is 4.68. The SMILES string of the molecule is CCOCCN(CC)C(C)C(=O)O. The average Bonchev–Trinajstić information content (AvgIpc) is 2.11. The summed E-state index contributed by atoms with van der Waals surface area (Å²) in [7, 11) is 0. The predicted octanol–water partition coefficient (Wildman–Crippen LogP) is 0.818. The van der Waals surface area contributed by atoms with Gasteiger partial charge in [0.2, 0.25) is 0 Å². The lowest BCUT2D eigenvalue weighted by Crippen LogP contribution is -2.40. The van der Waals surface area contributed by atoms with Gasteiger partial charge in [0.15, 0.2) is 0 Å². The maximum atomic E-state index is 10.6. The summed E-state index contributed by atoms with van der Waals surface area (Å²) in [4.78, 5) is 12.5. The second-order valence-corrected chi connectivity index (χ2v) is 2.84. The van der Waals surface area contributed by atoms with Crippen LogP contribution < -0.4 is 0 Å². The van der Waals surface area contributed by atoms with Crippen LogP contribution in [0.5, 0.6) is 0 Å². The fraction of sp³-hybridized carbons (Fsp3) is 0.889. The summed E-state index contributed by atoms with van der Waals surface area (Å²) in [6.45, 7) is 8.26. The van der Waals surface area contributed by atoms with Crippen molar-refractivity contribution in [1.29, 1.82) is 0 Å². The van der Waals surface area contributed by atoms with Gasteiger partial charge in [0, 0.05) is 13.2 Å². The maximum absolute atomic E-state index is 10.6. The zero-order valence-electron chi connectivity index (χ0n) is 8.62. The summed E-state index contributed by atoms with van der Waals surface area (Å²) >= 11 is 0. The Balaban J connectivity index is 3.80. The van der Waals surface area contributed by atoms with E-state index in [0.717, 1.165) is 6.54 Å². The molecule has 0 spiro atoms. The molecule has 0 amide bonds. The van der Waals surface area contributed by atoms with Crippen molar-refractivity contribution in [2.75, 3.05) is 26.3 Å². The Hall–Kier alpha value is -0.610. The van der Waals surface area contributed by atoms with Gasteiger partial charge in [-0.05, 0) is 20.4 Å². The smallest absolute Gasteiger partial charge is 0.320 e. The number of likely N-dealkylation sites (N-methyl/N-ethyl adjacent to an activating group) is 1. The Bertz CT molecular complexity index is 150. The van der Waals surface area contributed by atoms with Crippen molar-refractivity contribution in [1.82, 2.24) is 4.90 Å². The molecule has 0 aliphatic carbocycles. The van der Waals surface area contributed by atoms with Crippen LogP contribution in [0.15, 0.2) is 0 Å². The summed E-state index contributed by atoms with van der Waals surface area (Å²) in [5.74, 6) is -0.779. The molecule has 1 unspecified atom stereocenters. The van der Waals surface area contributed by atoms with E-state index in [1.165, 1.54) is 0 Å². The quantitative estimate of drug-likeness (QED) is 0.602. The molecule has 4 heteroatoms. The van der Waals surface area contributed by atoms with E-state index in [-0.39, 0.29) is 0 Å². The Labute approximate surface area is 79.5 Å². The maximum Gasteiger partial charge on any atom is 0.320 e. The molecule has 78 valence electrons. The first-order valence-electron chi connectivity index (χ1n) is 4.68. The van der Waals surface area contributed by atoms with E-state index in [1.807, 2.05) is 18.7 Å². The van der Waals surface area contributed by atoms with Crippen LogP contribution in [0.3, 0.4) is 0 Å². The second kappa shape index (κ2) is 6.86. The summed E-state index contributed by atoms with van der Waals surface area (Å²) in [5, 5.41) is 8.76. The van der Waals surface area contributed by atoms with Crippen molar-refractivity contribution in [2.45, 2.75) is 26.8 Å². The highest BCUT2D eigenvalue weighted by Crippen LogP contribution is 1.98. The molecule has 1 atom stereocenters. The monoisotopic (exact) mass is 189 g/mol. The van der Waals surface area contributed by atoms with E-state index >= 15 is 0 Å². The fourth-order valence-electron chi connectivity index (χ4n) is 1.11. The van der Waals surface area contributed by atoms with Crippen LogP contribution >= 0.6 is 0 Å². The van der Waals surface area contributed by atoms with Crippen LogP contribution in [0.2, 0.25) is 0 Å². The fourth-order valence-corrected chi connectivity index (χ4v) is 1.11. The number of ether oxygens (including phenoxy) is 1. The summed E-state index contributed by atoms with van der Waals surface area (Å²) in [5.41, 5.74) is 0. The van der Waals surface area contributed by atoms with Gasteiger partial charge in [-0.1, -0.05) is 6.92 Å². The van der Waals surface area contributed by atoms with Gasteiger partial charge in [-0.25, -0.2) is 0 Å². The first kappa shape index (κ1) is 12.4. The third-order valence-corrected chi connectivity index (χ3v) is 2.04.